The highest BCUT2D eigenvalue weighted by Gasteiger charge is 2.36. The van der Waals surface area contributed by atoms with Crippen LogP contribution in [0.3, 0.4) is 0 Å². The van der Waals surface area contributed by atoms with Crippen LogP contribution in [-0.2, 0) is 14.3 Å². The number of carbonyl (C=O) groups excluding carboxylic acids is 3. The van der Waals surface area contributed by atoms with Crippen LogP contribution in [-0.4, -0.2) is 103 Å². The van der Waals surface area contributed by atoms with Gasteiger partial charge < -0.3 is 30.1 Å². The molecule has 9 rings (SSSR count). The lowest BCUT2D eigenvalue weighted by molar-refractivity contribution is -0.133. The number of likely N-dealkylation sites (tertiary alicyclic amines) is 2. The molecular weight excluding hydrogens is 799 g/mol. The van der Waals surface area contributed by atoms with Crippen LogP contribution in [0.4, 0.5) is 16.3 Å². The van der Waals surface area contributed by atoms with Crippen molar-refractivity contribution >= 4 is 40.4 Å². The Hall–Kier alpha value is -5.90. The summed E-state index contributed by atoms with van der Waals surface area (Å²) in [6, 6.07) is 12.3. The molecule has 1 atom stereocenters. The molecule has 1 unspecified atom stereocenters. The number of nitrogens with zero attached hydrogens (tertiary/aromatic N) is 8. The average molecular weight is 858 g/mol. The molecule has 3 amide bonds. The Morgan fingerprint density at radius 2 is 1.59 bits per heavy atom. The number of aromatic nitrogens is 6. The van der Waals surface area contributed by atoms with Gasteiger partial charge in [-0.1, -0.05) is 36.2 Å². The third-order valence-corrected chi connectivity index (χ3v) is 13.3. The van der Waals surface area contributed by atoms with Crippen LogP contribution < -0.4 is 16.4 Å². The first-order valence-electron chi connectivity index (χ1n) is 23.0. The number of nitrogens with two attached hydrogens (primary N) is 1. The Morgan fingerprint density at radius 1 is 0.857 bits per heavy atom. The van der Waals surface area contributed by atoms with E-state index in [1.807, 2.05) is 27.9 Å². The Balaban J connectivity index is 0.680. The van der Waals surface area contributed by atoms with Gasteiger partial charge in [-0.15, -0.1) is 0 Å². The summed E-state index contributed by atoms with van der Waals surface area (Å²) in [4.78, 5) is 54.6. The summed E-state index contributed by atoms with van der Waals surface area (Å²) in [5.74, 6) is 1.88. The molecule has 0 bridgehead atoms. The summed E-state index contributed by atoms with van der Waals surface area (Å²) in [5.41, 5.74) is 13.3. The molecule has 1 aromatic carbocycles. The fraction of sp³-hybridized carbons (Fsp3) is 0.532. The van der Waals surface area contributed by atoms with Gasteiger partial charge in [0, 0.05) is 43.4 Å². The van der Waals surface area contributed by atoms with Crippen molar-refractivity contribution in [3.63, 3.8) is 0 Å². The zero-order valence-electron chi connectivity index (χ0n) is 36.4. The smallest absolute Gasteiger partial charge is 0.409 e. The number of benzene rings is 1. The molecule has 3 saturated heterocycles. The van der Waals surface area contributed by atoms with Crippen LogP contribution in [0.25, 0.3) is 33.7 Å². The second-order valence-corrected chi connectivity index (χ2v) is 18.0. The molecule has 3 aliphatic heterocycles. The highest BCUT2D eigenvalue weighted by Crippen LogP contribution is 2.48. The van der Waals surface area contributed by atoms with Crippen molar-refractivity contribution in [1.82, 2.24) is 45.0 Å². The number of nitrogens with one attached hydrogen (secondary N) is 2. The van der Waals surface area contributed by atoms with Crippen molar-refractivity contribution in [3.05, 3.63) is 65.8 Å². The second-order valence-electron chi connectivity index (χ2n) is 18.0. The number of amides is 3. The number of nitrogen functional groups attached to an aromatic ring is 1. The largest absolute Gasteiger partial charge is 0.449 e. The van der Waals surface area contributed by atoms with Gasteiger partial charge in [0.15, 0.2) is 5.65 Å². The Bertz CT molecular complexity index is 2390. The molecule has 0 radical (unpaired) electrons. The summed E-state index contributed by atoms with van der Waals surface area (Å²) >= 11 is 0. The van der Waals surface area contributed by atoms with E-state index in [1.54, 1.807) is 0 Å². The Morgan fingerprint density at radius 3 is 2.30 bits per heavy atom. The Kier molecular flexibility index (Phi) is 12.7. The number of unbranched alkanes of at least 4 members (excludes halogenated alkanes) is 3. The van der Waals surface area contributed by atoms with Gasteiger partial charge in [-0.25, -0.2) is 19.4 Å². The fourth-order valence-electron chi connectivity index (χ4n) is 9.46. The first-order chi connectivity index (χ1) is 30.7. The lowest BCUT2D eigenvalue weighted by Gasteiger charge is -2.32. The van der Waals surface area contributed by atoms with Crippen molar-refractivity contribution in [1.29, 1.82) is 0 Å². The van der Waals surface area contributed by atoms with Gasteiger partial charge in [-0.2, -0.15) is 5.10 Å². The highest BCUT2D eigenvalue weighted by atomic mass is 16.6. The van der Waals surface area contributed by atoms with Gasteiger partial charge in [0.05, 0.1) is 23.3 Å². The molecule has 5 aromatic rings. The molecule has 7 heterocycles. The van der Waals surface area contributed by atoms with E-state index in [0.717, 1.165) is 112 Å². The van der Waals surface area contributed by atoms with Crippen LogP contribution in [0, 0.1) is 0 Å². The highest BCUT2D eigenvalue weighted by molar-refractivity contribution is 6.02. The molecule has 4 aromatic heterocycles. The van der Waals surface area contributed by atoms with E-state index < -0.39 is 0 Å². The predicted octanol–water partition coefficient (Wildman–Crippen LogP) is 7.56. The summed E-state index contributed by atoms with van der Waals surface area (Å²) in [6.07, 6.45) is 14.4. The molecule has 16 nitrogen and oxygen atoms in total. The van der Waals surface area contributed by atoms with Gasteiger partial charge in [0.1, 0.15) is 35.3 Å². The average Bonchev–Trinajstić information content (AvgIpc) is 3.92. The molecule has 4 N–H and O–H groups in total. The van der Waals surface area contributed by atoms with Gasteiger partial charge in [-0.3, -0.25) is 19.9 Å². The van der Waals surface area contributed by atoms with Crippen LogP contribution in [0.5, 0.6) is 0 Å². The lowest BCUT2D eigenvalue weighted by Crippen LogP contribution is -2.47. The lowest BCUT2D eigenvalue weighted by atomic mass is 9.89. The minimum Gasteiger partial charge on any atom is -0.449 e. The topological polar surface area (TPSA) is 200 Å². The maximum Gasteiger partial charge on any atom is 0.409 e. The van der Waals surface area contributed by atoms with E-state index in [0.29, 0.717) is 78.5 Å². The maximum absolute atomic E-state index is 13.0. The summed E-state index contributed by atoms with van der Waals surface area (Å²) in [7, 11) is 0. The van der Waals surface area contributed by atoms with E-state index in [1.165, 1.54) is 11.9 Å². The molecule has 1 aliphatic carbocycles. The number of fused-ring (bicyclic) bond motifs is 1. The van der Waals surface area contributed by atoms with Crippen molar-refractivity contribution in [2.75, 3.05) is 50.4 Å². The standard InChI is InChI=1S/C47H59N11O5/c1-29(2)58-45-40(44(48)50-28-51-45)41(54-58)42-39(43(63-55-42)33-7-8-33)36-14-11-34(27-49-36)32-19-24-57(25-20-32)47(61)62-26-6-4-3-5-21-56-22-17-31(18-23-56)30-9-12-35(13-10-30)52-37-15-16-38(59)53-46(37)60/h9-14,27-29,31-33,37,52H,3-8,15-26H2,1-2H3,(H2,48,50,51)(H,53,59,60). The number of ether oxygens (including phenoxy) is 1. The third kappa shape index (κ3) is 9.55. The van der Waals surface area contributed by atoms with E-state index in [9.17, 15) is 14.4 Å². The number of anilines is 2. The number of imide groups is 1. The Labute approximate surface area is 367 Å². The molecule has 332 valence electrons. The summed E-state index contributed by atoms with van der Waals surface area (Å²) in [5, 5.41) is 15.8. The molecule has 1 saturated carbocycles. The van der Waals surface area contributed by atoms with E-state index in [2.05, 4.69) is 68.8 Å². The van der Waals surface area contributed by atoms with E-state index in [-0.39, 0.29) is 30.0 Å². The van der Waals surface area contributed by atoms with Crippen LogP contribution in [0.1, 0.15) is 132 Å². The van der Waals surface area contributed by atoms with Gasteiger partial charge in [-0.05, 0) is 132 Å². The van der Waals surface area contributed by atoms with Crippen LogP contribution in [0.15, 0.2) is 53.4 Å². The fourth-order valence-corrected chi connectivity index (χ4v) is 9.46. The van der Waals surface area contributed by atoms with Gasteiger partial charge in [0.25, 0.3) is 0 Å². The third-order valence-electron chi connectivity index (χ3n) is 13.3. The molecule has 0 spiro atoms. The number of hydrogen-bond acceptors (Lipinski definition) is 13. The number of rotatable bonds is 15. The zero-order valence-corrected chi connectivity index (χ0v) is 36.4. The quantitative estimate of drug-likeness (QED) is 0.0689. The normalized spacial score (nSPS) is 19.2. The monoisotopic (exact) mass is 857 g/mol. The first-order valence-corrected chi connectivity index (χ1v) is 23.0. The molecule has 63 heavy (non-hydrogen) atoms. The maximum atomic E-state index is 13.0. The minimum atomic E-state index is -0.366. The zero-order chi connectivity index (χ0) is 43.5. The van der Waals surface area contributed by atoms with E-state index in [4.69, 9.17) is 25.1 Å². The van der Waals surface area contributed by atoms with Gasteiger partial charge in [0.2, 0.25) is 11.8 Å². The molecule has 4 aliphatic rings. The van der Waals surface area contributed by atoms with Crippen molar-refractivity contribution in [2.24, 2.45) is 0 Å². The van der Waals surface area contributed by atoms with Crippen molar-refractivity contribution in [3.8, 4) is 22.6 Å². The summed E-state index contributed by atoms with van der Waals surface area (Å²) in [6.45, 7) is 9.17. The van der Waals surface area contributed by atoms with Crippen molar-refractivity contribution < 1.29 is 23.6 Å². The number of carbonyl (C=O) groups is 3. The number of pyridine rings is 1. The number of hydrogen-bond donors (Lipinski definition) is 3. The second kappa shape index (κ2) is 18.8. The first kappa shape index (κ1) is 42.4. The van der Waals surface area contributed by atoms with Gasteiger partial charge >= 0.3 is 6.09 Å². The molecule has 16 heteroatoms. The predicted molar refractivity (Wildman–Crippen MR) is 239 cm³/mol. The van der Waals surface area contributed by atoms with Crippen molar-refractivity contribution in [2.45, 2.75) is 121 Å². The number of piperidine rings is 3. The minimum absolute atomic E-state index is 0.0565. The SMILES string of the molecule is CC(C)n1nc(-c2noc(C3CC3)c2-c2ccc(C3CCN(C(=O)OCCCCCCN4CCC(c5ccc(NC6CCC(=O)NC6=O)cc5)CC4)CC3)cn2)c2c(N)ncnc21. The van der Waals surface area contributed by atoms with Crippen LogP contribution >= 0.6 is 0 Å². The van der Waals surface area contributed by atoms with Crippen LogP contribution in [0.2, 0.25) is 0 Å². The van der Waals surface area contributed by atoms with E-state index >= 15 is 0 Å². The molecular formula is C47H59N11O5. The summed E-state index contributed by atoms with van der Waals surface area (Å²) < 4.78 is 13.6. The molecule has 4 fully saturated rings.